The summed E-state index contributed by atoms with van der Waals surface area (Å²) >= 11 is 0. The van der Waals surface area contributed by atoms with Gasteiger partial charge in [0.15, 0.2) is 5.82 Å². The van der Waals surface area contributed by atoms with Crippen molar-refractivity contribution in [2.45, 2.75) is 26.3 Å². The second kappa shape index (κ2) is 8.60. The van der Waals surface area contributed by atoms with Gasteiger partial charge in [0.1, 0.15) is 11.6 Å². The van der Waals surface area contributed by atoms with Crippen LogP contribution in [-0.2, 0) is 4.79 Å². The number of hydrogen-bond acceptors (Lipinski definition) is 7. The molecule has 1 aromatic carbocycles. The van der Waals surface area contributed by atoms with Crippen molar-refractivity contribution in [1.29, 1.82) is 0 Å². The molecule has 0 saturated heterocycles. The molecule has 10 heteroatoms. The Bertz CT molecular complexity index is 1160. The van der Waals surface area contributed by atoms with Gasteiger partial charge in [-0.15, -0.1) is 0 Å². The number of rotatable bonds is 8. The van der Waals surface area contributed by atoms with Crippen molar-refractivity contribution in [3.05, 3.63) is 52.4 Å². The van der Waals surface area contributed by atoms with Crippen LogP contribution in [0.2, 0.25) is 0 Å². The van der Waals surface area contributed by atoms with Gasteiger partial charge >= 0.3 is 0 Å². The van der Waals surface area contributed by atoms with Crippen LogP contribution < -0.4 is 27.7 Å². The molecule has 2 aromatic heterocycles. The molecule has 2 heterocycles. The average Bonchev–Trinajstić information content (AvgIpc) is 2.66. The molecule has 10 nitrogen and oxygen atoms in total. The van der Waals surface area contributed by atoms with Crippen LogP contribution in [0, 0.1) is 5.92 Å². The molecule has 0 unspecified atom stereocenters. The molecular formula is C20H23N7O3. The van der Waals surface area contributed by atoms with Gasteiger partial charge in [-0.1, -0.05) is 32.0 Å². The van der Waals surface area contributed by atoms with Crippen LogP contribution in [0.5, 0.6) is 0 Å². The minimum Gasteiger partial charge on any atom is -0.368 e. The van der Waals surface area contributed by atoms with E-state index >= 15 is 0 Å². The number of hydrogen-bond donors (Lipinski definition) is 5. The third-order valence-electron chi connectivity index (χ3n) is 4.38. The van der Waals surface area contributed by atoms with E-state index < -0.39 is 23.4 Å². The van der Waals surface area contributed by atoms with E-state index in [2.05, 4.69) is 25.6 Å². The first-order valence-corrected chi connectivity index (χ1v) is 9.36. The number of nitrogens with zero attached hydrogens (tertiary/aromatic N) is 2. The molecule has 0 fully saturated rings. The normalized spacial score (nSPS) is 12.0. The molecule has 0 aliphatic carbocycles. The molecule has 1 atom stereocenters. The van der Waals surface area contributed by atoms with Gasteiger partial charge in [0, 0.05) is 5.39 Å². The first-order valence-electron chi connectivity index (χ1n) is 9.36. The Morgan fingerprint density at radius 2 is 1.93 bits per heavy atom. The van der Waals surface area contributed by atoms with E-state index in [1.165, 1.54) is 0 Å². The molecule has 0 spiro atoms. The number of aromatic nitrogens is 3. The SMILES string of the molecule is CC(C)C[C@@H](Nc1nc(Nc2cnc3ccccc3c2)c(C(N)=O)c(=O)[nH]1)C(N)=O. The molecule has 3 rings (SSSR count). The Labute approximate surface area is 172 Å². The summed E-state index contributed by atoms with van der Waals surface area (Å²) in [5, 5.41) is 6.60. The smallest absolute Gasteiger partial charge is 0.267 e. The van der Waals surface area contributed by atoms with E-state index in [4.69, 9.17) is 11.5 Å². The van der Waals surface area contributed by atoms with Gasteiger partial charge in [0.2, 0.25) is 11.9 Å². The number of para-hydroxylation sites is 1. The van der Waals surface area contributed by atoms with Crippen LogP contribution in [0.25, 0.3) is 10.9 Å². The molecule has 0 saturated carbocycles. The van der Waals surface area contributed by atoms with Crippen LogP contribution in [0.4, 0.5) is 17.5 Å². The Balaban J connectivity index is 1.99. The van der Waals surface area contributed by atoms with E-state index in [9.17, 15) is 14.4 Å². The van der Waals surface area contributed by atoms with Gasteiger partial charge in [-0.3, -0.25) is 24.4 Å². The van der Waals surface area contributed by atoms with Crippen LogP contribution >= 0.6 is 0 Å². The third kappa shape index (κ3) is 4.72. The number of aromatic amines is 1. The highest BCUT2D eigenvalue weighted by molar-refractivity contribution is 5.98. The van der Waals surface area contributed by atoms with Crippen molar-refractivity contribution < 1.29 is 9.59 Å². The van der Waals surface area contributed by atoms with Gasteiger partial charge in [-0.05, 0) is 24.5 Å². The molecule has 0 bridgehead atoms. The Morgan fingerprint density at radius 3 is 2.60 bits per heavy atom. The summed E-state index contributed by atoms with van der Waals surface area (Å²) in [5.74, 6) is -1.42. The second-order valence-corrected chi connectivity index (χ2v) is 7.27. The van der Waals surface area contributed by atoms with E-state index in [0.29, 0.717) is 12.1 Å². The Kier molecular flexibility index (Phi) is 5.95. The van der Waals surface area contributed by atoms with Crippen molar-refractivity contribution in [1.82, 2.24) is 15.0 Å². The lowest BCUT2D eigenvalue weighted by atomic mass is 10.0. The van der Waals surface area contributed by atoms with Crippen LogP contribution in [0.3, 0.4) is 0 Å². The van der Waals surface area contributed by atoms with E-state index in [0.717, 1.165) is 10.9 Å². The number of nitrogens with one attached hydrogen (secondary N) is 3. The number of fused-ring (bicyclic) bond motifs is 1. The van der Waals surface area contributed by atoms with Gasteiger partial charge < -0.3 is 22.1 Å². The number of carbonyl (C=O) groups excluding carboxylic acids is 2. The Hall–Kier alpha value is -3.95. The summed E-state index contributed by atoms with van der Waals surface area (Å²) in [7, 11) is 0. The highest BCUT2D eigenvalue weighted by atomic mass is 16.2. The van der Waals surface area contributed by atoms with Crippen molar-refractivity contribution in [3.8, 4) is 0 Å². The van der Waals surface area contributed by atoms with Gasteiger partial charge in [-0.2, -0.15) is 4.98 Å². The first kappa shape index (κ1) is 20.8. The third-order valence-corrected chi connectivity index (χ3v) is 4.38. The summed E-state index contributed by atoms with van der Waals surface area (Å²) in [6.07, 6.45) is 1.99. The highest BCUT2D eigenvalue weighted by Gasteiger charge is 2.21. The average molecular weight is 409 g/mol. The fraction of sp³-hybridized carbons (Fsp3) is 0.250. The predicted octanol–water partition coefficient (Wildman–Crippen LogP) is 1.47. The number of carbonyl (C=O) groups is 2. The maximum absolute atomic E-state index is 12.5. The standard InChI is InChI=1S/C20H23N7O3/c1-10(2)7-14(16(21)28)25-20-26-18(15(17(22)29)19(30)27-20)24-12-8-11-5-3-4-6-13(11)23-9-12/h3-6,8-10,14H,7H2,1-2H3,(H2,21,28)(H2,22,29)(H3,24,25,26,27,30)/t14-/m1/s1. The molecule has 2 amide bonds. The topological polar surface area (TPSA) is 169 Å². The largest absolute Gasteiger partial charge is 0.368 e. The van der Waals surface area contributed by atoms with E-state index in [-0.39, 0.29) is 23.2 Å². The second-order valence-electron chi connectivity index (χ2n) is 7.27. The first-order chi connectivity index (χ1) is 14.2. The number of amides is 2. The molecule has 30 heavy (non-hydrogen) atoms. The Morgan fingerprint density at radius 1 is 1.20 bits per heavy atom. The van der Waals surface area contributed by atoms with Crippen LogP contribution in [-0.4, -0.2) is 32.8 Å². The van der Waals surface area contributed by atoms with E-state index in [1.807, 2.05) is 38.1 Å². The lowest BCUT2D eigenvalue weighted by Gasteiger charge is -2.18. The highest BCUT2D eigenvalue weighted by Crippen LogP contribution is 2.21. The number of anilines is 3. The summed E-state index contributed by atoms with van der Waals surface area (Å²) in [5.41, 5.74) is 11.0. The number of primary amides is 2. The number of H-pyrrole nitrogens is 1. The maximum atomic E-state index is 12.5. The van der Waals surface area contributed by atoms with Crippen molar-refractivity contribution in [2.75, 3.05) is 10.6 Å². The lowest BCUT2D eigenvalue weighted by molar-refractivity contribution is -0.119. The van der Waals surface area contributed by atoms with Crippen molar-refractivity contribution >= 4 is 40.2 Å². The predicted molar refractivity (Wildman–Crippen MR) is 114 cm³/mol. The van der Waals surface area contributed by atoms with Crippen LogP contribution in [0.1, 0.15) is 30.6 Å². The fourth-order valence-electron chi connectivity index (χ4n) is 3.02. The number of nitrogens with two attached hydrogens (primary N) is 2. The summed E-state index contributed by atoms with van der Waals surface area (Å²) in [4.78, 5) is 47.1. The summed E-state index contributed by atoms with van der Waals surface area (Å²) in [6, 6.07) is 8.53. The van der Waals surface area contributed by atoms with Gasteiger partial charge in [0.05, 0.1) is 17.4 Å². The quantitative estimate of drug-likeness (QED) is 0.375. The number of pyridine rings is 1. The van der Waals surface area contributed by atoms with E-state index in [1.54, 1.807) is 12.3 Å². The lowest BCUT2D eigenvalue weighted by Crippen LogP contribution is -2.38. The molecule has 0 aliphatic rings. The monoisotopic (exact) mass is 409 g/mol. The minimum absolute atomic E-state index is 0.00861. The molecule has 0 aliphatic heterocycles. The fourth-order valence-corrected chi connectivity index (χ4v) is 3.02. The van der Waals surface area contributed by atoms with Crippen molar-refractivity contribution in [2.24, 2.45) is 17.4 Å². The van der Waals surface area contributed by atoms with Crippen molar-refractivity contribution in [3.63, 3.8) is 0 Å². The zero-order chi connectivity index (χ0) is 21.8. The summed E-state index contributed by atoms with van der Waals surface area (Å²) in [6.45, 7) is 3.87. The summed E-state index contributed by atoms with van der Waals surface area (Å²) < 4.78 is 0. The number of benzene rings is 1. The molecule has 156 valence electrons. The van der Waals surface area contributed by atoms with Gasteiger partial charge in [0.25, 0.3) is 11.5 Å². The zero-order valence-electron chi connectivity index (χ0n) is 16.6. The van der Waals surface area contributed by atoms with Crippen LogP contribution in [0.15, 0.2) is 41.3 Å². The molecule has 3 aromatic rings. The van der Waals surface area contributed by atoms with Gasteiger partial charge in [-0.25, -0.2) is 0 Å². The zero-order valence-corrected chi connectivity index (χ0v) is 16.6. The maximum Gasteiger partial charge on any atom is 0.267 e. The molecular weight excluding hydrogens is 386 g/mol. The molecule has 0 radical (unpaired) electrons. The molecule has 7 N–H and O–H groups in total. The minimum atomic E-state index is -0.944.